The number of ether oxygens (including phenoxy) is 1. The molecule has 0 fully saturated rings. The quantitative estimate of drug-likeness (QED) is 0.538. The Bertz CT molecular complexity index is 465. The van der Waals surface area contributed by atoms with Crippen molar-refractivity contribution in [1.29, 1.82) is 0 Å². The maximum absolute atomic E-state index is 11.9. The summed E-state index contributed by atoms with van der Waals surface area (Å²) in [5.41, 5.74) is 0. The lowest BCUT2D eigenvalue weighted by Crippen LogP contribution is -2.25. The number of hydrogen-bond donors (Lipinski definition) is 1. The van der Waals surface area contributed by atoms with Gasteiger partial charge in [0.1, 0.15) is 0 Å². The van der Waals surface area contributed by atoms with Crippen LogP contribution in [0.1, 0.15) is 6.42 Å². The van der Waals surface area contributed by atoms with Crippen molar-refractivity contribution in [1.82, 2.24) is 4.72 Å². The zero-order chi connectivity index (χ0) is 13.4. The van der Waals surface area contributed by atoms with Crippen LogP contribution < -0.4 is 4.72 Å². The zero-order valence-corrected chi connectivity index (χ0v) is 13.7. The van der Waals surface area contributed by atoms with Gasteiger partial charge in [0, 0.05) is 23.0 Å². The van der Waals surface area contributed by atoms with Crippen LogP contribution in [0.3, 0.4) is 0 Å². The molecule has 0 aliphatic rings. The molecule has 0 unspecified atom stereocenters. The molecule has 0 aliphatic carbocycles. The highest BCUT2D eigenvalue weighted by molar-refractivity contribution is 9.10. The molecule has 102 valence electrons. The van der Waals surface area contributed by atoms with E-state index in [1.165, 1.54) is 0 Å². The fourth-order valence-electron chi connectivity index (χ4n) is 1.25. The lowest BCUT2D eigenvalue weighted by atomic mass is 10.4. The molecule has 0 aliphatic heterocycles. The molecule has 1 aromatic rings. The van der Waals surface area contributed by atoms with Gasteiger partial charge in [-0.15, -0.1) is 0 Å². The number of hydrogen-bond acceptors (Lipinski definition) is 3. The van der Waals surface area contributed by atoms with Gasteiger partial charge in [-0.05, 0) is 24.6 Å². The maximum Gasteiger partial charge on any atom is 0.240 e. The predicted molar refractivity (Wildman–Crippen MR) is 78.6 cm³/mol. The van der Waals surface area contributed by atoms with Crippen LogP contribution in [-0.2, 0) is 14.8 Å². The van der Waals surface area contributed by atoms with Crippen LogP contribution in [0.15, 0.2) is 33.6 Å². The first-order valence-corrected chi connectivity index (χ1v) is 8.85. The van der Waals surface area contributed by atoms with Gasteiger partial charge in [0.05, 0.1) is 11.5 Å². The second kappa shape index (κ2) is 8.27. The Hall–Kier alpha value is 0.0500. The maximum atomic E-state index is 11.9. The zero-order valence-electron chi connectivity index (χ0n) is 9.73. The average Bonchev–Trinajstić information content (AvgIpc) is 2.33. The summed E-state index contributed by atoms with van der Waals surface area (Å²) < 4.78 is 32.3. The first-order chi connectivity index (χ1) is 8.56. The Kier molecular flexibility index (Phi) is 7.40. The molecule has 0 saturated heterocycles. The van der Waals surface area contributed by atoms with Crippen molar-refractivity contribution in [3.05, 3.63) is 28.7 Å². The molecule has 0 aromatic heterocycles. The normalized spacial score (nSPS) is 11.7. The van der Waals surface area contributed by atoms with Gasteiger partial charge in [-0.2, -0.15) is 0 Å². The molecule has 0 spiro atoms. The summed E-state index contributed by atoms with van der Waals surface area (Å²) in [4.78, 5) is 0.262. The van der Waals surface area contributed by atoms with Gasteiger partial charge in [-0.1, -0.05) is 37.9 Å². The molecule has 1 aromatic carbocycles. The molecular weight excluding hydrogens is 386 g/mol. The Morgan fingerprint density at radius 3 is 2.72 bits per heavy atom. The summed E-state index contributed by atoms with van der Waals surface area (Å²) in [5.74, 6) is 0. The third-order valence-corrected chi connectivity index (χ3v) is 4.36. The molecule has 0 amide bonds. The number of alkyl halides is 1. The molecule has 0 radical (unpaired) electrons. The Morgan fingerprint density at radius 1 is 1.28 bits per heavy atom. The highest BCUT2D eigenvalue weighted by atomic mass is 79.9. The van der Waals surface area contributed by atoms with Gasteiger partial charge >= 0.3 is 0 Å². The number of halogens is 2. The van der Waals surface area contributed by atoms with E-state index in [-0.39, 0.29) is 4.90 Å². The third kappa shape index (κ3) is 5.79. The number of sulfonamides is 1. The van der Waals surface area contributed by atoms with Crippen molar-refractivity contribution < 1.29 is 13.2 Å². The minimum Gasteiger partial charge on any atom is -0.381 e. The fraction of sp³-hybridized carbons (Fsp3) is 0.455. The first kappa shape index (κ1) is 16.1. The fourth-order valence-corrected chi connectivity index (χ4v) is 3.15. The van der Waals surface area contributed by atoms with Crippen LogP contribution in [0.5, 0.6) is 0 Å². The molecule has 7 heteroatoms. The van der Waals surface area contributed by atoms with Crippen LogP contribution in [0, 0.1) is 0 Å². The van der Waals surface area contributed by atoms with Gasteiger partial charge in [0.25, 0.3) is 0 Å². The summed E-state index contributed by atoms with van der Waals surface area (Å²) >= 11 is 6.49. The molecule has 0 saturated carbocycles. The summed E-state index contributed by atoms with van der Waals surface area (Å²) in [7, 11) is -3.42. The lowest BCUT2D eigenvalue weighted by molar-refractivity contribution is 0.149. The van der Waals surface area contributed by atoms with Gasteiger partial charge in [0.15, 0.2) is 0 Å². The Balaban J connectivity index is 2.41. The number of rotatable bonds is 8. The van der Waals surface area contributed by atoms with E-state index in [2.05, 4.69) is 36.6 Å². The van der Waals surface area contributed by atoms with Crippen molar-refractivity contribution in [2.75, 3.05) is 25.1 Å². The van der Waals surface area contributed by atoms with Crippen molar-refractivity contribution in [2.24, 2.45) is 0 Å². The minimum absolute atomic E-state index is 0.262. The van der Waals surface area contributed by atoms with E-state index in [0.29, 0.717) is 26.2 Å². The van der Waals surface area contributed by atoms with E-state index in [0.717, 1.165) is 9.80 Å². The summed E-state index contributed by atoms with van der Waals surface area (Å²) in [6.07, 6.45) is 0.653. The number of nitrogens with one attached hydrogen (secondary N) is 1. The van der Waals surface area contributed by atoms with Crippen molar-refractivity contribution in [2.45, 2.75) is 11.3 Å². The first-order valence-electron chi connectivity index (χ1n) is 5.45. The lowest BCUT2D eigenvalue weighted by Gasteiger charge is -2.07. The SMILES string of the molecule is O=S(=O)(NCCCOCCBr)c1cccc(Br)c1. The summed E-state index contributed by atoms with van der Waals surface area (Å²) in [6, 6.07) is 6.61. The Morgan fingerprint density at radius 2 is 2.06 bits per heavy atom. The molecule has 18 heavy (non-hydrogen) atoms. The van der Waals surface area contributed by atoms with Crippen molar-refractivity contribution in [3.8, 4) is 0 Å². The van der Waals surface area contributed by atoms with Crippen LogP contribution >= 0.6 is 31.9 Å². The highest BCUT2D eigenvalue weighted by Crippen LogP contribution is 2.15. The van der Waals surface area contributed by atoms with Gasteiger partial charge in [-0.3, -0.25) is 0 Å². The van der Waals surface area contributed by atoms with Gasteiger partial charge in [-0.25, -0.2) is 13.1 Å². The van der Waals surface area contributed by atoms with E-state index in [1.54, 1.807) is 24.3 Å². The molecule has 0 bridgehead atoms. The number of benzene rings is 1. The summed E-state index contributed by atoms with van der Waals surface area (Å²) in [5, 5.41) is 0.788. The van der Waals surface area contributed by atoms with Crippen molar-refractivity contribution in [3.63, 3.8) is 0 Å². The van der Waals surface area contributed by atoms with Crippen molar-refractivity contribution >= 4 is 41.9 Å². The Labute approximate surface area is 124 Å². The van der Waals surface area contributed by atoms with E-state index in [4.69, 9.17) is 4.74 Å². The second-order valence-corrected chi connectivity index (χ2v) is 6.99. The molecule has 0 atom stereocenters. The monoisotopic (exact) mass is 399 g/mol. The average molecular weight is 401 g/mol. The van der Waals surface area contributed by atoms with Gasteiger partial charge in [0.2, 0.25) is 10.0 Å². The predicted octanol–water partition coefficient (Wildman–Crippen LogP) is 2.53. The minimum atomic E-state index is -3.42. The van der Waals surface area contributed by atoms with Crippen LogP contribution in [-0.4, -0.2) is 33.5 Å². The van der Waals surface area contributed by atoms with E-state index < -0.39 is 10.0 Å². The van der Waals surface area contributed by atoms with Crippen LogP contribution in [0.25, 0.3) is 0 Å². The molecule has 4 nitrogen and oxygen atoms in total. The van der Waals surface area contributed by atoms with Gasteiger partial charge < -0.3 is 4.74 Å². The standard InChI is InChI=1S/C11H15Br2NO3S/c12-5-8-17-7-2-6-14-18(15,16)11-4-1-3-10(13)9-11/h1,3-4,9,14H,2,5-8H2. The molecule has 1 rings (SSSR count). The highest BCUT2D eigenvalue weighted by Gasteiger charge is 2.12. The third-order valence-electron chi connectivity index (χ3n) is 2.09. The topological polar surface area (TPSA) is 55.4 Å². The van der Waals surface area contributed by atoms with Crippen LogP contribution in [0.2, 0.25) is 0 Å². The van der Waals surface area contributed by atoms with E-state index in [9.17, 15) is 8.42 Å². The summed E-state index contributed by atoms with van der Waals surface area (Å²) in [6.45, 7) is 1.56. The van der Waals surface area contributed by atoms with E-state index in [1.807, 2.05) is 0 Å². The molecule has 1 N–H and O–H groups in total. The molecule has 0 heterocycles. The van der Waals surface area contributed by atoms with E-state index >= 15 is 0 Å². The molecular formula is C11H15Br2NO3S. The smallest absolute Gasteiger partial charge is 0.240 e. The van der Waals surface area contributed by atoms with Crippen LogP contribution in [0.4, 0.5) is 0 Å². The second-order valence-electron chi connectivity index (χ2n) is 3.51. The largest absolute Gasteiger partial charge is 0.381 e.